The number of allylic oxidation sites excluding steroid dienone is 2. The summed E-state index contributed by atoms with van der Waals surface area (Å²) >= 11 is 3.76. The van der Waals surface area contributed by atoms with Gasteiger partial charge in [0.25, 0.3) is 5.01 Å². The summed E-state index contributed by atoms with van der Waals surface area (Å²) in [6.07, 6.45) is 6.78. The Hall–Kier alpha value is -1.71. The van der Waals surface area contributed by atoms with Gasteiger partial charge >= 0.3 is 0 Å². The van der Waals surface area contributed by atoms with Crippen molar-refractivity contribution in [3.8, 4) is 0 Å². The van der Waals surface area contributed by atoms with Crippen LogP contribution in [0.3, 0.4) is 0 Å². The van der Waals surface area contributed by atoms with Crippen LogP contribution in [-0.4, -0.2) is 32.7 Å². The van der Waals surface area contributed by atoms with Crippen molar-refractivity contribution >= 4 is 56.5 Å². The quantitative estimate of drug-likeness (QED) is 0.243. The number of thiazole rings is 1. The normalized spacial score (nSPS) is 14.1. The monoisotopic (exact) mass is 634 g/mol. The Kier molecular flexibility index (Phi) is 10.6. The van der Waals surface area contributed by atoms with E-state index in [1.165, 1.54) is 42.2 Å². The first-order valence-electron chi connectivity index (χ1n) is 13.0. The number of anilines is 3. The maximum atomic E-state index is 2.42. The number of benzene rings is 2. The van der Waals surface area contributed by atoms with E-state index in [0.29, 0.717) is 0 Å². The predicted molar refractivity (Wildman–Crippen MR) is 157 cm³/mol. The van der Waals surface area contributed by atoms with Crippen LogP contribution in [0.5, 0.6) is 0 Å². The molecule has 2 aromatic carbocycles. The third-order valence-corrected chi connectivity index (χ3v) is 9.02. The molecule has 1 aromatic heterocycles. The van der Waals surface area contributed by atoms with Gasteiger partial charge in [0.05, 0.1) is 10.7 Å². The van der Waals surface area contributed by atoms with Gasteiger partial charge in [0.1, 0.15) is 11.2 Å². The van der Waals surface area contributed by atoms with Crippen molar-refractivity contribution in [3.63, 3.8) is 0 Å². The Morgan fingerprint density at radius 3 is 2.11 bits per heavy atom. The predicted octanol–water partition coefficient (Wildman–Crippen LogP) is 4.39. The minimum Gasteiger partial charge on any atom is -1.00 e. The lowest BCUT2D eigenvalue weighted by atomic mass is 10.2. The molecule has 0 spiro atoms. The number of thioether (sulfide) groups is 1. The molecule has 2 heterocycles. The second kappa shape index (κ2) is 13.2. The molecule has 0 saturated carbocycles. The van der Waals surface area contributed by atoms with Crippen molar-refractivity contribution in [1.82, 2.24) is 0 Å². The second-order valence-corrected chi connectivity index (χ2v) is 10.7. The van der Waals surface area contributed by atoms with Gasteiger partial charge in [-0.25, -0.2) is 0 Å². The molecule has 0 unspecified atom stereocenters. The molecule has 3 aromatic rings. The highest BCUT2D eigenvalue weighted by Gasteiger charge is 2.24. The highest BCUT2D eigenvalue weighted by atomic mass is 127. The Balaban J connectivity index is 0.00000361. The number of fused-ring (bicyclic) bond motifs is 2. The number of halogens is 1. The summed E-state index contributed by atoms with van der Waals surface area (Å²) in [5.41, 5.74) is 5.27. The Morgan fingerprint density at radius 2 is 1.50 bits per heavy atom. The molecule has 1 aliphatic rings. The number of aromatic nitrogens is 1. The van der Waals surface area contributed by atoms with E-state index < -0.39 is 0 Å². The lowest BCUT2D eigenvalue weighted by molar-refractivity contribution is -0.665. The van der Waals surface area contributed by atoms with E-state index in [-0.39, 0.29) is 24.0 Å². The fourth-order valence-corrected chi connectivity index (χ4v) is 7.22. The Bertz CT molecular complexity index is 1230. The highest BCUT2D eigenvalue weighted by Crippen LogP contribution is 2.47. The van der Waals surface area contributed by atoms with Crippen LogP contribution in [0.25, 0.3) is 16.3 Å². The van der Waals surface area contributed by atoms with Crippen LogP contribution >= 0.6 is 23.1 Å². The minimum absolute atomic E-state index is 0. The zero-order chi connectivity index (χ0) is 24.9. The molecule has 4 nitrogen and oxygen atoms in total. The van der Waals surface area contributed by atoms with Gasteiger partial charge in [0.2, 0.25) is 5.52 Å². The molecule has 0 radical (unpaired) electrons. The van der Waals surface area contributed by atoms with E-state index in [0.717, 1.165) is 39.3 Å². The number of hydrogen-bond donors (Lipinski definition) is 0. The first-order chi connectivity index (χ1) is 17.1. The molecule has 0 bridgehead atoms. The summed E-state index contributed by atoms with van der Waals surface area (Å²) in [6.45, 7) is 19.4. The van der Waals surface area contributed by atoms with Gasteiger partial charge in [-0.05, 0) is 78.0 Å². The molecule has 4 rings (SSSR count). The van der Waals surface area contributed by atoms with E-state index >= 15 is 0 Å². The van der Waals surface area contributed by atoms with Gasteiger partial charge in [-0.15, -0.1) is 0 Å². The third-order valence-electron chi connectivity index (χ3n) is 6.80. The topological polar surface area (TPSA) is 13.6 Å². The largest absolute Gasteiger partial charge is 1.00 e. The summed E-state index contributed by atoms with van der Waals surface area (Å²) in [7, 11) is 0. The van der Waals surface area contributed by atoms with Gasteiger partial charge < -0.3 is 38.7 Å². The number of aryl methyl sites for hydroxylation is 1. The summed E-state index contributed by atoms with van der Waals surface area (Å²) < 4.78 is 3.77. The van der Waals surface area contributed by atoms with Gasteiger partial charge in [-0.1, -0.05) is 29.2 Å². The van der Waals surface area contributed by atoms with Crippen LogP contribution in [0.1, 0.15) is 46.6 Å². The first kappa shape index (κ1) is 28.9. The van der Waals surface area contributed by atoms with Crippen molar-refractivity contribution in [2.75, 3.05) is 47.4 Å². The van der Waals surface area contributed by atoms with Crippen molar-refractivity contribution in [2.24, 2.45) is 0 Å². The average Bonchev–Trinajstić information content (AvgIpc) is 3.41. The summed E-state index contributed by atoms with van der Waals surface area (Å²) in [5.74, 6) is 0. The van der Waals surface area contributed by atoms with Crippen LogP contribution in [0.2, 0.25) is 0 Å². The standard InChI is InChI=1S/C29H39N4S2.HI/c1-7-30(8-2)22-16-18-24-26(20-22)34-28(32(24)11-5)14-13-15-29-33(12-6)25-19-17-23(21-27(25)35-29)31(9-3)10-4;/h13-21H,7-12H2,1-6H3;1H/q+1;/p-1. The zero-order valence-electron chi connectivity index (χ0n) is 22.4. The van der Waals surface area contributed by atoms with Gasteiger partial charge in [0.15, 0.2) is 0 Å². The molecule has 36 heavy (non-hydrogen) atoms. The smallest absolute Gasteiger partial charge is 0.262 e. The fraction of sp³-hybridized carbons (Fsp3) is 0.414. The Morgan fingerprint density at radius 1 is 0.861 bits per heavy atom. The van der Waals surface area contributed by atoms with Gasteiger partial charge in [0, 0.05) is 61.1 Å². The van der Waals surface area contributed by atoms with Crippen molar-refractivity contribution in [1.29, 1.82) is 0 Å². The van der Waals surface area contributed by atoms with Crippen LogP contribution in [0.15, 0.2) is 58.5 Å². The molecule has 0 fully saturated rings. The molecule has 0 saturated heterocycles. The van der Waals surface area contributed by atoms with E-state index in [2.05, 4.69) is 115 Å². The molecule has 1 aliphatic heterocycles. The SMILES string of the molecule is CCN(CC)c1ccc2c(c1)S/C(=C/C=C/c1sc3cc(N(CC)CC)ccc3[n+]1CC)N2CC.[I-]. The van der Waals surface area contributed by atoms with Crippen molar-refractivity contribution < 1.29 is 28.5 Å². The van der Waals surface area contributed by atoms with Gasteiger partial charge in [-0.3, -0.25) is 0 Å². The molecule has 194 valence electrons. The number of rotatable bonds is 10. The van der Waals surface area contributed by atoms with E-state index in [9.17, 15) is 0 Å². The van der Waals surface area contributed by atoms with Crippen molar-refractivity contribution in [2.45, 2.75) is 53.0 Å². The zero-order valence-corrected chi connectivity index (χ0v) is 26.2. The van der Waals surface area contributed by atoms with Crippen LogP contribution in [-0.2, 0) is 6.54 Å². The molecular weight excluding hydrogens is 595 g/mol. The first-order valence-corrected chi connectivity index (χ1v) is 14.7. The Labute approximate surface area is 242 Å². The summed E-state index contributed by atoms with van der Waals surface area (Å²) in [4.78, 5) is 8.60. The molecule has 0 amide bonds. The third kappa shape index (κ3) is 5.73. The van der Waals surface area contributed by atoms with Crippen molar-refractivity contribution in [3.05, 3.63) is 58.6 Å². The molecule has 0 atom stereocenters. The molecule has 0 aliphatic carbocycles. The molecular formula is C29H39IN4S2. The van der Waals surface area contributed by atoms with Crippen LogP contribution < -0.4 is 43.2 Å². The number of hydrogen-bond acceptors (Lipinski definition) is 5. The molecule has 7 heteroatoms. The lowest BCUT2D eigenvalue weighted by Gasteiger charge is -2.22. The van der Waals surface area contributed by atoms with E-state index in [1.807, 2.05) is 23.1 Å². The lowest BCUT2D eigenvalue weighted by Crippen LogP contribution is -3.00. The highest BCUT2D eigenvalue weighted by molar-refractivity contribution is 8.03. The number of nitrogens with zero attached hydrogens (tertiary/aromatic N) is 4. The summed E-state index contributed by atoms with van der Waals surface area (Å²) in [5, 5.41) is 2.59. The minimum atomic E-state index is 0. The maximum absolute atomic E-state index is 2.42. The molecule has 0 N–H and O–H groups in total. The van der Waals surface area contributed by atoms with E-state index in [4.69, 9.17) is 0 Å². The fourth-order valence-electron chi connectivity index (χ4n) is 4.87. The summed E-state index contributed by atoms with van der Waals surface area (Å²) in [6, 6.07) is 13.8. The second-order valence-electron chi connectivity index (χ2n) is 8.54. The van der Waals surface area contributed by atoms with Crippen LogP contribution in [0, 0.1) is 0 Å². The van der Waals surface area contributed by atoms with Gasteiger partial charge in [-0.2, -0.15) is 4.57 Å². The van der Waals surface area contributed by atoms with E-state index in [1.54, 1.807) is 0 Å². The maximum Gasteiger partial charge on any atom is 0.262 e. The van der Waals surface area contributed by atoms with Crippen LogP contribution in [0.4, 0.5) is 17.1 Å². The average molecular weight is 635 g/mol.